The fourth-order valence-corrected chi connectivity index (χ4v) is 10.2. The zero-order valence-electron chi connectivity index (χ0n) is 37.7. The summed E-state index contributed by atoms with van der Waals surface area (Å²) in [6.45, 7) is 8.59. The minimum absolute atomic E-state index is 0.0729. The summed E-state index contributed by atoms with van der Waals surface area (Å²) in [5.74, 6) is 0.360. The third kappa shape index (κ3) is 9.13. The number of carbonyl (C=O) groups is 3. The minimum atomic E-state index is -3.99. The van der Waals surface area contributed by atoms with Crippen molar-refractivity contribution in [3.05, 3.63) is 95.4 Å². The van der Waals surface area contributed by atoms with Gasteiger partial charge in [0.05, 0.1) is 42.4 Å². The Labute approximate surface area is 376 Å². The number of carbonyl (C=O) groups excluding carboxylic acids is 3. The van der Waals surface area contributed by atoms with Crippen LogP contribution in [-0.4, -0.2) is 96.5 Å². The van der Waals surface area contributed by atoms with Crippen molar-refractivity contribution in [1.29, 1.82) is 0 Å². The maximum Gasteiger partial charge on any atom is 0.321 e. The van der Waals surface area contributed by atoms with E-state index in [-0.39, 0.29) is 31.3 Å². The predicted octanol–water partition coefficient (Wildman–Crippen LogP) is 7.30. The molecule has 340 valence electrons. The van der Waals surface area contributed by atoms with E-state index in [0.717, 1.165) is 53.6 Å². The summed E-state index contributed by atoms with van der Waals surface area (Å²) >= 11 is 0. The van der Waals surface area contributed by atoms with Gasteiger partial charge in [0.15, 0.2) is 0 Å². The van der Waals surface area contributed by atoms with Crippen LogP contribution in [0.1, 0.15) is 95.4 Å². The molecule has 5 aliphatic rings. The molecule has 0 unspecified atom stereocenters. The molecule has 0 spiro atoms. The maximum absolute atomic E-state index is 15.0. The number of amides is 4. The Balaban J connectivity index is 1.16. The zero-order valence-corrected chi connectivity index (χ0v) is 38.5. The van der Waals surface area contributed by atoms with Crippen molar-refractivity contribution in [3.8, 4) is 17.2 Å². The number of aromatic nitrogens is 1. The lowest BCUT2D eigenvalue weighted by Gasteiger charge is -2.32. The summed E-state index contributed by atoms with van der Waals surface area (Å²) in [6, 6.07) is 11.9. The zero-order chi connectivity index (χ0) is 45.4. The molecule has 1 saturated heterocycles. The van der Waals surface area contributed by atoms with Gasteiger partial charge in [-0.25, -0.2) is 18.2 Å². The van der Waals surface area contributed by atoms with Gasteiger partial charge in [-0.15, -0.1) is 0 Å². The van der Waals surface area contributed by atoms with Gasteiger partial charge in [-0.1, -0.05) is 56.7 Å². The van der Waals surface area contributed by atoms with Crippen LogP contribution >= 0.6 is 0 Å². The van der Waals surface area contributed by atoms with Crippen LogP contribution in [0.15, 0.2) is 83.5 Å². The van der Waals surface area contributed by atoms with Crippen molar-refractivity contribution >= 4 is 44.5 Å². The van der Waals surface area contributed by atoms with Crippen LogP contribution in [0.25, 0.3) is 10.9 Å². The maximum atomic E-state index is 15.0. The Hall–Kier alpha value is -5.70. The van der Waals surface area contributed by atoms with E-state index in [1.807, 2.05) is 73.7 Å². The van der Waals surface area contributed by atoms with Gasteiger partial charge in [-0.3, -0.25) is 19.3 Å². The molecule has 15 heteroatoms. The molecule has 0 bridgehead atoms. The quantitative estimate of drug-likeness (QED) is 0.188. The molecule has 3 aliphatic heterocycles. The van der Waals surface area contributed by atoms with Crippen molar-refractivity contribution in [1.82, 2.24) is 24.8 Å². The number of aliphatic imine (C=N–C) groups is 1. The molecule has 3 aromatic rings. The Morgan fingerprint density at radius 3 is 2.52 bits per heavy atom. The third-order valence-corrected chi connectivity index (χ3v) is 15.6. The second-order valence-corrected chi connectivity index (χ2v) is 20.6. The molecular formula is C49H60N6O8S. The van der Waals surface area contributed by atoms with Crippen LogP contribution in [0.4, 0.5) is 4.79 Å². The van der Waals surface area contributed by atoms with Crippen molar-refractivity contribution in [2.45, 2.75) is 114 Å². The number of rotatable bonds is 11. The first kappa shape index (κ1) is 44.9. The van der Waals surface area contributed by atoms with Crippen LogP contribution in [0, 0.1) is 18.8 Å². The normalized spacial score (nSPS) is 25.1. The first-order valence-electron chi connectivity index (χ1n) is 22.5. The molecular weight excluding hydrogens is 833 g/mol. The molecule has 1 aromatic heterocycles. The van der Waals surface area contributed by atoms with Crippen LogP contribution in [0.5, 0.6) is 17.2 Å². The lowest BCUT2D eigenvalue weighted by atomic mass is 10.1. The lowest BCUT2D eigenvalue weighted by Crippen LogP contribution is -2.58. The average Bonchev–Trinajstić information content (AvgIpc) is 4.18. The summed E-state index contributed by atoms with van der Waals surface area (Å²) in [5.41, 5.74) is 3.26. The van der Waals surface area contributed by atoms with E-state index in [1.165, 1.54) is 0 Å². The second-order valence-electron chi connectivity index (χ2n) is 18.4. The SMILES string of the molecule is COc1ccc(CN2CCCCC/C=C\[C@@H]3C[C@@]3(C(=O)NS(=O)(=O)C3(C)CC3)NC(=O)[C@@H]3C[C@@H](Oc4cc(C5=NC(C(C)C)=CC=CC5)nc5c(C)c(OC)ccc45)CN3C2=O)cc1. The number of pyridine rings is 1. The standard InChI is InChI=1S/C49H60N6O8S/c1-31(2)38-15-11-12-16-39(50-38)40-27-43(37-21-22-42(62-6)32(3)44(37)51-40)63-36-26-41-45(56)52-49(46(57)53-64(59,60)48(4)23-24-48)28-34(49)14-10-8-7-9-13-25-54(47(58)55(41)30-36)29-33-17-19-35(61-5)20-18-33/h10-12,14-15,17-22,27,31,34,36,41H,7-9,13,16,23-26,28-30H2,1-6H3,(H,52,56)(H,53,57)/b14-10-/t34-,36-,41+,49-/m1/s1. The smallest absolute Gasteiger partial charge is 0.321 e. The van der Waals surface area contributed by atoms with Crippen molar-refractivity contribution in [3.63, 3.8) is 0 Å². The molecule has 2 aromatic carbocycles. The van der Waals surface area contributed by atoms with Crippen LogP contribution in [-0.2, 0) is 26.2 Å². The predicted molar refractivity (Wildman–Crippen MR) is 246 cm³/mol. The molecule has 2 aliphatic carbocycles. The molecule has 64 heavy (non-hydrogen) atoms. The number of urea groups is 1. The van der Waals surface area contributed by atoms with E-state index in [9.17, 15) is 18.0 Å². The summed E-state index contributed by atoms with van der Waals surface area (Å²) < 4.78 is 46.0. The van der Waals surface area contributed by atoms with E-state index < -0.39 is 50.2 Å². The molecule has 2 saturated carbocycles. The van der Waals surface area contributed by atoms with E-state index in [2.05, 4.69) is 30.0 Å². The average molecular weight is 893 g/mol. The van der Waals surface area contributed by atoms with Gasteiger partial charge in [0.25, 0.3) is 5.91 Å². The molecule has 4 atom stereocenters. The summed E-state index contributed by atoms with van der Waals surface area (Å²) in [6.07, 6.45) is 14.4. The van der Waals surface area contributed by atoms with Gasteiger partial charge in [-0.05, 0) is 94.2 Å². The van der Waals surface area contributed by atoms with Gasteiger partial charge in [0.1, 0.15) is 34.9 Å². The number of allylic oxidation sites excluding steroid dienone is 5. The number of benzene rings is 2. The molecule has 4 amide bonds. The van der Waals surface area contributed by atoms with E-state index in [4.69, 9.17) is 24.2 Å². The highest BCUT2D eigenvalue weighted by Crippen LogP contribution is 2.48. The molecule has 14 nitrogen and oxygen atoms in total. The monoisotopic (exact) mass is 892 g/mol. The van der Waals surface area contributed by atoms with Crippen LogP contribution in [0.2, 0.25) is 0 Å². The highest BCUT2D eigenvalue weighted by Gasteiger charge is 2.63. The molecule has 0 radical (unpaired) electrons. The number of sulfonamides is 1. The highest BCUT2D eigenvalue weighted by molar-refractivity contribution is 7.91. The van der Waals surface area contributed by atoms with Crippen molar-refractivity contribution in [2.75, 3.05) is 27.3 Å². The van der Waals surface area contributed by atoms with E-state index in [1.54, 1.807) is 30.9 Å². The van der Waals surface area contributed by atoms with Gasteiger partial charge in [0, 0.05) is 54.6 Å². The lowest BCUT2D eigenvalue weighted by molar-refractivity contribution is -0.131. The van der Waals surface area contributed by atoms with Gasteiger partial charge < -0.3 is 29.3 Å². The number of hydrogen-bond acceptors (Lipinski definition) is 10. The largest absolute Gasteiger partial charge is 0.497 e. The number of nitrogens with one attached hydrogen (secondary N) is 2. The molecule has 4 heterocycles. The summed E-state index contributed by atoms with van der Waals surface area (Å²) in [5, 5.41) is 3.74. The van der Waals surface area contributed by atoms with E-state index >= 15 is 4.79 Å². The third-order valence-electron chi connectivity index (χ3n) is 13.4. The number of fused-ring (bicyclic) bond motifs is 3. The summed E-state index contributed by atoms with van der Waals surface area (Å²) in [4.78, 5) is 57.5. The fourth-order valence-electron chi connectivity index (χ4n) is 8.88. The van der Waals surface area contributed by atoms with Gasteiger partial charge in [0.2, 0.25) is 15.9 Å². The number of methoxy groups -OCH3 is 2. The van der Waals surface area contributed by atoms with Crippen molar-refractivity contribution < 1.29 is 37.0 Å². The second kappa shape index (κ2) is 18.1. The number of hydrogen-bond donors (Lipinski definition) is 2. The van der Waals surface area contributed by atoms with Crippen LogP contribution < -0.4 is 24.2 Å². The van der Waals surface area contributed by atoms with Gasteiger partial charge in [-0.2, -0.15) is 0 Å². The highest BCUT2D eigenvalue weighted by atomic mass is 32.2. The Kier molecular flexibility index (Phi) is 12.7. The Morgan fingerprint density at radius 1 is 1.02 bits per heavy atom. The number of aryl methyl sites for hydroxylation is 1. The summed E-state index contributed by atoms with van der Waals surface area (Å²) in [7, 11) is -0.765. The van der Waals surface area contributed by atoms with Crippen LogP contribution in [0.3, 0.4) is 0 Å². The fraction of sp³-hybridized carbons (Fsp3) is 0.490. The minimum Gasteiger partial charge on any atom is -0.497 e. The first-order valence-corrected chi connectivity index (χ1v) is 24.0. The first-order chi connectivity index (χ1) is 30.6. The topological polar surface area (TPSA) is 169 Å². The molecule has 8 rings (SSSR count). The number of ether oxygens (including phenoxy) is 3. The number of nitrogens with zero attached hydrogens (tertiary/aromatic N) is 4. The molecule has 3 fully saturated rings. The Bertz CT molecular complexity index is 2550. The molecule has 2 N–H and O–H groups in total. The van der Waals surface area contributed by atoms with Gasteiger partial charge >= 0.3 is 6.03 Å². The Morgan fingerprint density at radius 2 is 1.80 bits per heavy atom. The van der Waals surface area contributed by atoms with E-state index in [0.29, 0.717) is 60.8 Å². The van der Waals surface area contributed by atoms with Crippen molar-refractivity contribution in [2.24, 2.45) is 16.8 Å².